The van der Waals surface area contributed by atoms with Crippen molar-refractivity contribution in [2.24, 2.45) is 5.92 Å². The van der Waals surface area contributed by atoms with E-state index in [1.165, 1.54) is 18.2 Å². The summed E-state index contributed by atoms with van der Waals surface area (Å²) in [6, 6.07) is 3.85. The average Bonchev–Trinajstić information content (AvgIpc) is 2.89. The Hall–Kier alpha value is -1.69. The van der Waals surface area contributed by atoms with Crippen molar-refractivity contribution in [3.63, 3.8) is 0 Å². The van der Waals surface area contributed by atoms with Gasteiger partial charge in [0.2, 0.25) is 0 Å². The third-order valence-electron chi connectivity index (χ3n) is 3.73. The lowest BCUT2D eigenvalue weighted by atomic mass is 10.1. The minimum absolute atomic E-state index is 0.0505. The highest BCUT2D eigenvalue weighted by molar-refractivity contribution is 5.68. The molecular weight excluding hydrogens is 302 g/mol. The van der Waals surface area contributed by atoms with Crippen molar-refractivity contribution < 1.29 is 18.3 Å². The lowest BCUT2D eigenvalue weighted by molar-refractivity contribution is 0.0288. The topological polar surface area (TPSA) is 41.6 Å². The fourth-order valence-corrected chi connectivity index (χ4v) is 2.59. The largest absolute Gasteiger partial charge is 0.444 e. The van der Waals surface area contributed by atoms with Crippen LogP contribution < -0.4 is 5.32 Å². The Balaban J connectivity index is 1.77. The molecule has 1 amide bonds. The van der Waals surface area contributed by atoms with Gasteiger partial charge in [-0.3, -0.25) is 0 Å². The van der Waals surface area contributed by atoms with Crippen molar-refractivity contribution in [2.45, 2.75) is 39.3 Å². The van der Waals surface area contributed by atoms with Crippen LogP contribution in [0.1, 0.15) is 32.8 Å². The first-order chi connectivity index (χ1) is 10.8. The van der Waals surface area contributed by atoms with Crippen LogP contribution in [0.15, 0.2) is 18.2 Å². The number of carbonyl (C=O) groups excluding carboxylic acids is 1. The number of benzene rings is 1. The molecule has 1 aliphatic rings. The molecule has 1 aromatic rings. The summed E-state index contributed by atoms with van der Waals surface area (Å²) in [5, 5.41) is 3.07. The van der Waals surface area contributed by atoms with Gasteiger partial charge in [0.15, 0.2) is 0 Å². The van der Waals surface area contributed by atoms with Crippen molar-refractivity contribution in [1.29, 1.82) is 0 Å². The smallest absolute Gasteiger partial charge is 0.410 e. The van der Waals surface area contributed by atoms with Crippen LogP contribution in [0.3, 0.4) is 0 Å². The second-order valence-electron chi connectivity index (χ2n) is 6.91. The van der Waals surface area contributed by atoms with E-state index in [2.05, 4.69) is 5.32 Å². The molecule has 1 unspecified atom stereocenters. The van der Waals surface area contributed by atoms with E-state index in [0.717, 1.165) is 6.42 Å². The molecule has 0 aliphatic carbocycles. The maximum absolute atomic E-state index is 13.5. The number of nitrogens with one attached hydrogen (secondary N) is 1. The Morgan fingerprint density at radius 3 is 2.61 bits per heavy atom. The molecular formula is C17H24F2N2O2. The predicted octanol–water partition coefficient (Wildman–Crippen LogP) is 3.31. The second-order valence-corrected chi connectivity index (χ2v) is 6.91. The Morgan fingerprint density at radius 2 is 2.00 bits per heavy atom. The summed E-state index contributed by atoms with van der Waals surface area (Å²) in [6.45, 7) is 7.50. The molecule has 1 aromatic carbocycles. The van der Waals surface area contributed by atoms with Crippen LogP contribution in [0.4, 0.5) is 13.6 Å². The van der Waals surface area contributed by atoms with E-state index in [1.807, 2.05) is 20.8 Å². The van der Waals surface area contributed by atoms with Crippen LogP contribution in [0.25, 0.3) is 0 Å². The Labute approximate surface area is 135 Å². The van der Waals surface area contributed by atoms with Crippen LogP contribution in [0, 0.1) is 17.6 Å². The van der Waals surface area contributed by atoms with Crippen LogP contribution in [-0.4, -0.2) is 36.2 Å². The van der Waals surface area contributed by atoms with Crippen molar-refractivity contribution in [2.75, 3.05) is 19.6 Å². The summed E-state index contributed by atoms with van der Waals surface area (Å²) in [6.07, 6.45) is 0.548. The van der Waals surface area contributed by atoms with E-state index in [4.69, 9.17) is 4.74 Å². The molecule has 0 radical (unpaired) electrons. The SMILES string of the molecule is CC(C)(C)OC(=O)N1CCC(CNCc2c(F)cccc2F)C1. The summed E-state index contributed by atoms with van der Waals surface area (Å²) in [7, 11) is 0. The van der Waals surface area contributed by atoms with Crippen molar-refractivity contribution >= 4 is 6.09 Å². The van der Waals surface area contributed by atoms with Crippen LogP contribution in [0.2, 0.25) is 0 Å². The number of amides is 1. The fourth-order valence-electron chi connectivity index (χ4n) is 2.59. The molecule has 1 N–H and O–H groups in total. The molecule has 128 valence electrons. The van der Waals surface area contributed by atoms with Gasteiger partial charge >= 0.3 is 6.09 Å². The highest BCUT2D eigenvalue weighted by atomic mass is 19.1. The molecule has 0 aromatic heterocycles. The first-order valence-corrected chi connectivity index (χ1v) is 7.88. The van der Waals surface area contributed by atoms with Crippen molar-refractivity contribution in [3.05, 3.63) is 35.4 Å². The minimum atomic E-state index is -0.542. The quantitative estimate of drug-likeness (QED) is 0.923. The lowest BCUT2D eigenvalue weighted by Crippen LogP contribution is -2.36. The van der Waals surface area contributed by atoms with Gasteiger partial charge in [-0.2, -0.15) is 0 Å². The lowest BCUT2D eigenvalue weighted by Gasteiger charge is -2.24. The number of hydrogen-bond acceptors (Lipinski definition) is 3. The van der Waals surface area contributed by atoms with Gasteiger partial charge in [0.05, 0.1) is 0 Å². The van der Waals surface area contributed by atoms with Gasteiger partial charge in [-0.05, 0) is 45.2 Å². The fraction of sp³-hybridized carbons (Fsp3) is 0.588. The number of rotatable bonds is 4. The standard InChI is InChI=1S/C17H24F2N2O2/c1-17(2,3)23-16(22)21-8-7-12(11-21)9-20-10-13-14(18)5-4-6-15(13)19/h4-6,12,20H,7-11H2,1-3H3. The third kappa shape index (κ3) is 5.16. The monoisotopic (exact) mass is 326 g/mol. The number of halogens is 2. The molecule has 0 saturated carbocycles. The van der Waals surface area contributed by atoms with Gasteiger partial charge in [-0.15, -0.1) is 0 Å². The van der Waals surface area contributed by atoms with Crippen molar-refractivity contribution in [1.82, 2.24) is 10.2 Å². The second kappa shape index (κ2) is 7.25. The van der Waals surface area contributed by atoms with Gasteiger partial charge in [0.1, 0.15) is 17.2 Å². The predicted molar refractivity (Wildman–Crippen MR) is 84.0 cm³/mol. The van der Waals surface area contributed by atoms with E-state index in [1.54, 1.807) is 4.90 Å². The van der Waals surface area contributed by atoms with Gasteiger partial charge in [0, 0.05) is 31.7 Å². The number of hydrogen-bond donors (Lipinski definition) is 1. The van der Waals surface area contributed by atoms with Gasteiger partial charge in [-0.25, -0.2) is 13.6 Å². The van der Waals surface area contributed by atoms with Gasteiger partial charge < -0.3 is 15.0 Å². The Morgan fingerprint density at radius 1 is 1.35 bits per heavy atom. The molecule has 0 bridgehead atoms. The summed E-state index contributed by atoms with van der Waals surface area (Å²) in [5.74, 6) is -0.823. The highest BCUT2D eigenvalue weighted by Gasteiger charge is 2.29. The van der Waals surface area contributed by atoms with E-state index in [-0.39, 0.29) is 24.1 Å². The molecule has 0 spiro atoms. The van der Waals surface area contributed by atoms with E-state index in [9.17, 15) is 13.6 Å². The number of nitrogens with zero attached hydrogens (tertiary/aromatic N) is 1. The zero-order valence-electron chi connectivity index (χ0n) is 13.9. The summed E-state index contributed by atoms with van der Waals surface area (Å²) in [5.41, 5.74) is -0.454. The van der Waals surface area contributed by atoms with Crippen LogP contribution >= 0.6 is 0 Å². The number of carbonyl (C=O) groups is 1. The first kappa shape index (κ1) is 17.7. The highest BCUT2D eigenvalue weighted by Crippen LogP contribution is 2.19. The molecule has 1 atom stereocenters. The number of likely N-dealkylation sites (tertiary alicyclic amines) is 1. The molecule has 1 aliphatic heterocycles. The molecule has 2 rings (SSSR count). The molecule has 6 heteroatoms. The van der Waals surface area contributed by atoms with Gasteiger partial charge in [0.25, 0.3) is 0 Å². The van der Waals surface area contributed by atoms with E-state index >= 15 is 0 Å². The van der Waals surface area contributed by atoms with Crippen molar-refractivity contribution in [3.8, 4) is 0 Å². The van der Waals surface area contributed by atoms with E-state index in [0.29, 0.717) is 19.6 Å². The maximum Gasteiger partial charge on any atom is 0.410 e. The van der Waals surface area contributed by atoms with Crippen LogP contribution in [0.5, 0.6) is 0 Å². The normalized spacial score (nSPS) is 18.3. The first-order valence-electron chi connectivity index (χ1n) is 7.88. The Bertz CT molecular complexity index is 538. The Kier molecular flexibility index (Phi) is 5.57. The summed E-state index contributed by atoms with van der Waals surface area (Å²) >= 11 is 0. The zero-order chi connectivity index (χ0) is 17.0. The molecule has 1 heterocycles. The third-order valence-corrected chi connectivity index (χ3v) is 3.73. The summed E-state index contributed by atoms with van der Waals surface area (Å²) < 4.78 is 32.4. The van der Waals surface area contributed by atoms with Gasteiger partial charge in [-0.1, -0.05) is 6.07 Å². The van der Waals surface area contributed by atoms with E-state index < -0.39 is 17.2 Å². The number of ether oxygens (including phenoxy) is 1. The average molecular weight is 326 g/mol. The summed E-state index contributed by atoms with van der Waals surface area (Å²) in [4.78, 5) is 13.7. The maximum atomic E-state index is 13.5. The molecule has 23 heavy (non-hydrogen) atoms. The molecule has 4 nitrogen and oxygen atoms in total. The molecule has 1 fully saturated rings. The van der Waals surface area contributed by atoms with Crippen LogP contribution in [-0.2, 0) is 11.3 Å². The zero-order valence-corrected chi connectivity index (χ0v) is 13.9. The molecule has 1 saturated heterocycles. The minimum Gasteiger partial charge on any atom is -0.444 e.